The van der Waals surface area contributed by atoms with Crippen LogP contribution in [0, 0.1) is 0 Å². The highest BCUT2D eigenvalue weighted by Gasteiger charge is 2.29. The Morgan fingerprint density at radius 2 is 1.79 bits per heavy atom. The number of carbonyl (C=O) groups is 4. The van der Waals surface area contributed by atoms with E-state index in [9.17, 15) is 19.2 Å². The number of aliphatic carboxylic acids is 1. The van der Waals surface area contributed by atoms with E-state index in [0.29, 0.717) is 58.0 Å². The van der Waals surface area contributed by atoms with Crippen LogP contribution < -0.4 is 5.32 Å². The molecule has 10 nitrogen and oxygen atoms in total. The summed E-state index contributed by atoms with van der Waals surface area (Å²) in [4.78, 5) is 47.2. The zero-order valence-electron chi connectivity index (χ0n) is 19.6. The molecule has 1 aliphatic rings. The topological polar surface area (TPSA) is 131 Å². The summed E-state index contributed by atoms with van der Waals surface area (Å²) in [5.41, 5.74) is 2.51. The molecule has 1 fully saturated rings. The third kappa shape index (κ3) is 10.1. The van der Waals surface area contributed by atoms with E-state index in [0.717, 1.165) is 30.3 Å². The largest absolute Gasteiger partial charge is 0.481 e. The summed E-state index contributed by atoms with van der Waals surface area (Å²) in [5, 5.41) is 10.9. The molecule has 1 aromatic carbocycles. The Kier molecular flexibility index (Phi) is 12.4. The number of aldehydes is 1. The van der Waals surface area contributed by atoms with Crippen LogP contribution in [0.3, 0.4) is 0 Å². The number of hydrogen-bond donors (Lipinski definition) is 2. The van der Waals surface area contributed by atoms with Gasteiger partial charge < -0.3 is 19.3 Å². The Bertz CT molecular complexity index is 829. The van der Waals surface area contributed by atoms with Gasteiger partial charge in [-0.3, -0.25) is 29.4 Å². The van der Waals surface area contributed by atoms with Crippen LogP contribution in [0.25, 0.3) is 0 Å². The monoisotopic (exact) mass is 478 g/mol. The second kappa shape index (κ2) is 15.3. The first-order valence-corrected chi connectivity index (χ1v) is 11.5. The summed E-state index contributed by atoms with van der Waals surface area (Å²) >= 11 is 0. The number of carboxylic acid groups (broad SMARTS) is 1. The number of carbonyl (C=O) groups excluding carboxylic acids is 3. The average molecular weight is 479 g/mol. The summed E-state index contributed by atoms with van der Waals surface area (Å²) in [6.45, 7) is 2.82. The summed E-state index contributed by atoms with van der Waals surface area (Å²) < 4.78 is 16.1. The van der Waals surface area contributed by atoms with Gasteiger partial charge in [-0.2, -0.15) is 0 Å². The minimum atomic E-state index is -0.884. The Hall–Kier alpha value is -2.66. The number of rotatable bonds is 17. The number of nitrogens with zero attached hydrogens (tertiary/aromatic N) is 1. The third-order valence-electron chi connectivity index (χ3n) is 5.45. The van der Waals surface area contributed by atoms with Crippen LogP contribution in [-0.4, -0.2) is 86.8 Å². The van der Waals surface area contributed by atoms with Crippen molar-refractivity contribution >= 4 is 24.1 Å². The van der Waals surface area contributed by atoms with E-state index in [1.165, 1.54) is 0 Å². The Labute approximate surface area is 199 Å². The molecule has 188 valence electrons. The van der Waals surface area contributed by atoms with E-state index < -0.39 is 12.0 Å². The second-order valence-electron chi connectivity index (χ2n) is 8.12. The van der Waals surface area contributed by atoms with Crippen molar-refractivity contribution in [2.75, 3.05) is 46.7 Å². The molecule has 0 saturated carbocycles. The summed E-state index contributed by atoms with van der Waals surface area (Å²) in [7, 11) is 1.82. The van der Waals surface area contributed by atoms with Crippen molar-refractivity contribution in [1.29, 1.82) is 0 Å². The molecule has 0 radical (unpaired) electrons. The SMILES string of the molecule is CN(Cc1cc(CCCOCCOCCOCCC(=O)O)ccc1C=O)C1CCC(=O)NC1=O. The first-order valence-electron chi connectivity index (χ1n) is 11.5. The van der Waals surface area contributed by atoms with Crippen molar-refractivity contribution in [3.8, 4) is 0 Å². The van der Waals surface area contributed by atoms with Gasteiger partial charge in [0.25, 0.3) is 0 Å². The number of piperidine rings is 1. The summed E-state index contributed by atoms with van der Waals surface area (Å²) in [6.07, 6.45) is 3.17. The highest BCUT2D eigenvalue weighted by atomic mass is 16.5. The maximum absolute atomic E-state index is 12.1. The average Bonchev–Trinajstić information content (AvgIpc) is 2.79. The van der Waals surface area contributed by atoms with Crippen LogP contribution in [0.5, 0.6) is 0 Å². The van der Waals surface area contributed by atoms with Gasteiger partial charge in [0.1, 0.15) is 6.29 Å². The lowest BCUT2D eigenvalue weighted by Crippen LogP contribution is -2.51. The number of hydrogen-bond acceptors (Lipinski definition) is 8. The van der Waals surface area contributed by atoms with Crippen LogP contribution in [0.2, 0.25) is 0 Å². The lowest BCUT2D eigenvalue weighted by Gasteiger charge is -2.30. The van der Waals surface area contributed by atoms with Gasteiger partial charge in [0.15, 0.2) is 0 Å². The standard InChI is InChI=1S/C24H34N2O8/c1-26(21-6-7-22(28)25-24(21)31)16-20-15-18(4-5-19(20)17-27)3-2-9-32-11-13-34-14-12-33-10-8-23(29)30/h4-5,15,17,21H,2-3,6-14,16H2,1H3,(H,29,30)(H,25,28,31). The molecule has 2 rings (SSSR count). The maximum atomic E-state index is 12.1. The number of nitrogens with one attached hydrogen (secondary N) is 1. The second-order valence-corrected chi connectivity index (χ2v) is 8.12. The van der Waals surface area contributed by atoms with Crippen molar-refractivity contribution in [2.24, 2.45) is 0 Å². The lowest BCUT2D eigenvalue weighted by molar-refractivity contribution is -0.139. The van der Waals surface area contributed by atoms with Crippen molar-refractivity contribution in [2.45, 2.75) is 44.7 Å². The highest BCUT2D eigenvalue weighted by Crippen LogP contribution is 2.18. The highest BCUT2D eigenvalue weighted by molar-refractivity contribution is 6.00. The number of imide groups is 1. The van der Waals surface area contributed by atoms with Gasteiger partial charge in [-0.25, -0.2) is 0 Å². The molecule has 10 heteroatoms. The normalized spacial score (nSPS) is 16.0. The Morgan fingerprint density at radius 3 is 2.44 bits per heavy atom. The molecule has 0 aromatic heterocycles. The first kappa shape index (κ1) is 27.6. The van der Waals surface area contributed by atoms with Gasteiger partial charge >= 0.3 is 5.97 Å². The molecule has 0 aliphatic carbocycles. The number of benzene rings is 1. The van der Waals surface area contributed by atoms with Crippen molar-refractivity contribution in [3.63, 3.8) is 0 Å². The van der Waals surface area contributed by atoms with E-state index in [4.69, 9.17) is 19.3 Å². The number of amides is 2. The molecular formula is C24H34N2O8. The van der Waals surface area contributed by atoms with Gasteiger partial charge in [0.05, 0.1) is 45.5 Å². The zero-order valence-corrected chi connectivity index (χ0v) is 19.6. The molecule has 1 unspecified atom stereocenters. The van der Waals surface area contributed by atoms with Gasteiger partial charge in [-0.15, -0.1) is 0 Å². The summed E-state index contributed by atoms with van der Waals surface area (Å²) in [6, 6.07) is 5.31. The zero-order chi connectivity index (χ0) is 24.8. The Morgan fingerprint density at radius 1 is 1.12 bits per heavy atom. The van der Waals surface area contributed by atoms with E-state index in [1.807, 2.05) is 24.1 Å². The molecule has 1 heterocycles. The van der Waals surface area contributed by atoms with E-state index in [2.05, 4.69) is 5.32 Å². The smallest absolute Gasteiger partial charge is 0.305 e. The molecule has 1 aliphatic heterocycles. The third-order valence-corrected chi connectivity index (χ3v) is 5.45. The van der Waals surface area contributed by atoms with Crippen LogP contribution >= 0.6 is 0 Å². The van der Waals surface area contributed by atoms with Crippen LogP contribution in [0.4, 0.5) is 0 Å². The van der Waals surface area contributed by atoms with Crippen molar-refractivity contribution < 1.29 is 38.5 Å². The van der Waals surface area contributed by atoms with E-state index in [-0.39, 0.29) is 24.8 Å². The molecule has 1 saturated heterocycles. The van der Waals surface area contributed by atoms with Crippen molar-refractivity contribution in [3.05, 3.63) is 34.9 Å². The minimum absolute atomic E-state index is 0.0149. The van der Waals surface area contributed by atoms with E-state index in [1.54, 1.807) is 6.07 Å². The molecule has 2 amide bonds. The molecular weight excluding hydrogens is 444 g/mol. The molecule has 34 heavy (non-hydrogen) atoms. The maximum Gasteiger partial charge on any atom is 0.305 e. The predicted molar refractivity (Wildman–Crippen MR) is 122 cm³/mol. The molecule has 0 spiro atoms. The van der Waals surface area contributed by atoms with Crippen LogP contribution in [0.1, 0.15) is 47.2 Å². The number of ether oxygens (including phenoxy) is 3. The fourth-order valence-electron chi connectivity index (χ4n) is 3.63. The van der Waals surface area contributed by atoms with Crippen molar-refractivity contribution in [1.82, 2.24) is 10.2 Å². The number of likely N-dealkylation sites (N-methyl/N-ethyl adjacent to an activating group) is 1. The van der Waals surface area contributed by atoms with E-state index >= 15 is 0 Å². The van der Waals surface area contributed by atoms with Crippen LogP contribution in [-0.2, 0) is 41.6 Å². The van der Waals surface area contributed by atoms with Gasteiger partial charge in [0.2, 0.25) is 11.8 Å². The van der Waals surface area contributed by atoms with Gasteiger partial charge in [0, 0.05) is 25.1 Å². The molecule has 1 aromatic rings. The Balaban J connectivity index is 1.66. The quantitative estimate of drug-likeness (QED) is 0.193. The number of carboxylic acids is 1. The van der Waals surface area contributed by atoms with Gasteiger partial charge in [-0.1, -0.05) is 18.2 Å². The molecule has 2 N–H and O–H groups in total. The molecule has 0 bridgehead atoms. The lowest BCUT2D eigenvalue weighted by atomic mass is 9.99. The summed E-state index contributed by atoms with van der Waals surface area (Å²) in [5.74, 6) is -1.43. The first-order chi connectivity index (χ1) is 16.4. The fourth-order valence-corrected chi connectivity index (χ4v) is 3.63. The molecule has 1 atom stereocenters. The predicted octanol–water partition coefficient (Wildman–Crippen LogP) is 1.19. The van der Waals surface area contributed by atoms with Gasteiger partial charge in [-0.05, 0) is 37.4 Å². The minimum Gasteiger partial charge on any atom is -0.481 e. The number of aryl methyl sites for hydroxylation is 1. The fraction of sp³-hybridized carbons (Fsp3) is 0.583. The van der Waals surface area contributed by atoms with Crippen LogP contribution in [0.15, 0.2) is 18.2 Å².